The number of anilines is 1. The van der Waals surface area contributed by atoms with Crippen molar-refractivity contribution in [2.24, 2.45) is 17.8 Å². The van der Waals surface area contributed by atoms with Crippen molar-refractivity contribution in [1.29, 1.82) is 0 Å². The van der Waals surface area contributed by atoms with Crippen LogP contribution in [0, 0.1) is 24.7 Å². The summed E-state index contributed by atoms with van der Waals surface area (Å²) < 4.78 is 2.17. The number of nitrogens with zero attached hydrogens (tertiary/aromatic N) is 4. The summed E-state index contributed by atoms with van der Waals surface area (Å²) in [4.78, 5) is 36.7. The van der Waals surface area contributed by atoms with Crippen LogP contribution in [0.5, 0.6) is 0 Å². The highest BCUT2D eigenvalue weighted by atomic mass is 32.2. The topological polar surface area (TPSA) is 57.9 Å². The van der Waals surface area contributed by atoms with Crippen LogP contribution in [-0.2, 0) is 4.79 Å². The molecule has 0 radical (unpaired) electrons. The molecule has 2 aromatic heterocycles. The van der Waals surface area contributed by atoms with Gasteiger partial charge in [0, 0.05) is 25.8 Å². The zero-order valence-electron chi connectivity index (χ0n) is 22.1. The minimum Gasteiger partial charge on any atom is -0.355 e. The molecule has 6 nitrogen and oxygen atoms in total. The number of amides is 1. The number of pyridine rings is 1. The molecule has 2 fully saturated rings. The summed E-state index contributed by atoms with van der Waals surface area (Å²) in [6, 6.07) is 3.83. The van der Waals surface area contributed by atoms with Crippen molar-refractivity contribution in [1.82, 2.24) is 14.3 Å². The van der Waals surface area contributed by atoms with E-state index in [9.17, 15) is 9.59 Å². The molecular formula is C28H38N4O2S2. The Hall–Kier alpha value is -2.19. The Labute approximate surface area is 224 Å². The Kier molecular flexibility index (Phi) is 8.56. The standard InChI is InChI=1S/C28H38N4O2S2/c1-6-8-11-21(7-2)17-32-27(34)23(36-28(32)35)14-22-25(30-15-18(3)13-19(4)16-30)29-24-20(5)10-9-12-31(24)26(22)33/h9-10,12,14,18-19,21H,6-8,11,13,15-17H2,1-5H3/b23-14+. The summed E-state index contributed by atoms with van der Waals surface area (Å²) in [5.74, 6) is 2.01. The van der Waals surface area contributed by atoms with Crippen molar-refractivity contribution in [3.8, 4) is 0 Å². The van der Waals surface area contributed by atoms with Gasteiger partial charge in [-0.15, -0.1) is 0 Å². The number of aryl methyl sites for hydroxylation is 1. The normalized spacial score (nSPS) is 22.8. The van der Waals surface area contributed by atoms with E-state index in [1.54, 1.807) is 21.6 Å². The van der Waals surface area contributed by atoms with E-state index in [1.807, 2.05) is 19.1 Å². The molecule has 36 heavy (non-hydrogen) atoms. The van der Waals surface area contributed by atoms with E-state index in [1.165, 1.54) is 11.8 Å². The van der Waals surface area contributed by atoms with E-state index in [0.717, 1.165) is 50.8 Å². The van der Waals surface area contributed by atoms with Crippen LogP contribution >= 0.6 is 24.0 Å². The van der Waals surface area contributed by atoms with Crippen molar-refractivity contribution in [2.45, 2.75) is 66.7 Å². The Balaban J connectivity index is 1.76. The zero-order chi connectivity index (χ0) is 26.0. The van der Waals surface area contributed by atoms with Gasteiger partial charge in [-0.25, -0.2) is 4.98 Å². The van der Waals surface area contributed by atoms with Crippen molar-refractivity contribution in [3.63, 3.8) is 0 Å². The van der Waals surface area contributed by atoms with E-state index in [2.05, 4.69) is 32.6 Å². The Morgan fingerprint density at radius 2 is 1.94 bits per heavy atom. The van der Waals surface area contributed by atoms with E-state index >= 15 is 0 Å². The van der Waals surface area contributed by atoms with Gasteiger partial charge in [0.05, 0.1) is 10.5 Å². The molecule has 3 atom stereocenters. The SMILES string of the molecule is CCCCC(CC)CN1C(=O)/C(=C\c2c(N3CC(C)CC(C)C3)nc3c(C)cccn3c2=O)SC1=S. The molecule has 0 aliphatic carbocycles. The lowest BCUT2D eigenvalue weighted by atomic mass is 9.91. The third kappa shape index (κ3) is 5.54. The van der Waals surface area contributed by atoms with Crippen LogP contribution in [0.4, 0.5) is 5.82 Å². The van der Waals surface area contributed by atoms with Gasteiger partial charge in [0.2, 0.25) is 0 Å². The molecule has 4 heterocycles. The van der Waals surface area contributed by atoms with Crippen molar-refractivity contribution in [2.75, 3.05) is 24.5 Å². The third-order valence-electron chi connectivity index (χ3n) is 7.37. The number of thioether (sulfide) groups is 1. The Morgan fingerprint density at radius 3 is 2.61 bits per heavy atom. The van der Waals surface area contributed by atoms with Gasteiger partial charge >= 0.3 is 0 Å². The number of fused-ring (bicyclic) bond motifs is 1. The highest BCUT2D eigenvalue weighted by Gasteiger charge is 2.34. The second-order valence-corrected chi connectivity index (χ2v) is 12.3. The molecule has 8 heteroatoms. The number of carbonyl (C=O) groups is 1. The molecule has 1 amide bonds. The summed E-state index contributed by atoms with van der Waals surface area (Å²) >= 11 is 6.92. The number of thiocarbonyl (C=S) groups is 1. The molecule has 2 saturated heterocycles. The number of hydrogen-bond donors (Lipinski definition) is 0. The van der Waals surface area contributed by atoms with Crippen LogP contribution in [0.2, 0.25) is 0 Å². The number of carbonyl (C=O) groups excluding carboxylic acids is 1. The monoisotopic (exact) mass is 526 g/mol. The number of aromatic nitrogens is 2. The highest BCUT2D eigenvalue weighted by molar-refractivity contribution is 8.26. The van der Waals surface area contributed by atoms with Crippen LogP contribution in [-0.4, -0.2) is 44.1 Å². The Bertz CT molecular complexity index is 1230. The Morgan fingerprint density at radius 1 is 1.22 bits per heavy atom. The molecule has 2 aliphatic rings. The van der Waals surface area contributed by atoms with Gasteiger partial charge in [-0.05, 0) is 55.2 Å². The van der Waals surface area contributed by atoms with Crippen molar-refractivity contribution >= 4 is 51.7 Å². The van der Waals surface area contributed by atoms with Gasteiger partial charge in [-0.2, -0.15) is 0 Å². The molecule has 0 bridgehead atoms. The van der Waals surface area contributed by atoms with Gasteiger partial charge in [-0.1, -0.05) is 77.0 Å². The lowest BCUT2D eigenvalue weighted by Crippen LogP contribution is -2.40. The van der Waals surface area contributed by atoms with E-state index in [0.29, 0.717) is 50.6 Å². The number of hydrogen-bond acceptors (Lipinski definition) is 6. The molecule has 0 N–H and O–H groups in total. The van der Waals surface area contributed by atoms with Crippen LogP contribution < -0.4 is 10.5 Å². The van der Waals surface area contributed by atoms with Gasteiger partial charge in [0.15, 0.2) is 0 Å². The summed E-state index contributed by atoms with van der Waals surface area (Å²) in [5, 5.41) is 0. The maximum Gasteiger partial charge on any atom is 0.267 e. The quantitative estimate of drug-likeness (QED) is 0.315. The third-order valence-corrected chi connectivity index (χ3v) is 8.74. The fraction of sp³-hybridized carbons (Fsp3) is 0.571. The van der Waals surface area contributed by atoms with E-state index in [4.69, 9.17) is 17.2 Å². The predicted octanol–water partition coefficient (Wildman–Crippen LogP) is 5.90. The molecule has 0 aromatic carbocycles. The highest BCUT2D eigenvalue weighted by Crippen LogP contribution is 2.35. The van der Waals surface area contributed by atoms with Crippen LogP contribution in [0.1, 0.15) is 70.9 Å². The minimum atomic E-state index is -0.149. The van der Waals surface area contributed by atoms with E-state index < -0.39 is 0 Å². The fourth-order valence-electron chi connectivity index (χ4n) is 5.47. The van der Waals surface area contributed by atoms with E-state index in [-0.39, 0.29) is 11.5 Å². The molecule has 3 unspecified atom stereocenters. The average molecular weight is 527 g/mol. The lowest BCUT2D eigenvalue weighted by Gasteiger charge is -2.36. The van der Waals surface area contributed by atoms with Crippen LogP contribution in [0.3, 0.4) is 0 Å². The molecular weight excluding hydrogens is 488 g/mol. The minimum absolute atomic E-state index is 0.0972. The fourth-order valence-corrected chi connectivity index (χ4v) is 6.72. The van der Waals surface area contributed by atoms with Gasteiger partial charge < -0.3 is 4.90 Å². The first kappa shape index (κ1) is 26.9. The summed E-state index contributed by atoms with van der Waals surface area (Å²) in [5.41, 5.74) is 1.93. The first-order valence-electron chi connectivity index (χ1n) is 13.3. The largest absolute Gasteiger partial charge is 0.355 e. The smallest absolute Gasteiger partial charge is 0.267 e. The van der Waals surface area contributed by atoms with Crippen molar-refractivity contribution in [3.05, 3.63) is 44.7 Å². The molecule has 4 rings (SSSR count). The first-order chi connectivity index (χ1) is 17.2. The molecule has 0 spiro atoms. The lowest BCUT2D eigenvalue weighted by molar-refractivity contribution is -0.122. The van der Waals surface area contributed by atoms with Crippen molar-refractivity contribution < 1.29 is 4.79 Å². The number of rotatable bonds is 8. The number of piperidine rings is 1. The zero-order valence-corrected chi connectivity index (χ0v) is 23.8. The van der Waals surface area contributed by atoms with Gasteiger partial charge in [0.1, 0.15) is 15.8 Å². The summed E-state index contributed by atoms with van der Waals surface area (Å²) in [7, 11) is 0. The van der Waals surface area contributed by atoms with Gasteiger partial charge in [-0.3, -0.25) is 18.9 Å². The molecule has 0 saturated carbocycles. The predicted molar refractivity (Wildman–Crippen MR) is 155 cm³/mol. The molecule has 2 aromatic rings. The van der Waals surface area contributed by atoms with Gasteiger partial charge in [0.25, 0.3) is 11.5 Å². The average Bonchev–Trinajstić information content (AvgIpc) is 3.10. The second-order valence-electron chi connectivity index (χ2n) is 10.6. The van der Waals surface area contributed by atoms with Crippen LogP contribution in [0.25, 0.3) is 11.7 Å². The first-order valence-corrected chi connectivity index (χ1v) is 14.5. The maximum absolute atomic E-state index is 13.8. The summed E-state index contributed by atoms with van der Waals surface area (Å²) in [6.45, 7) is 13.1. The maximum atomic E-state index is 13.8. The molecule has 2 aliphatic heterocycles. The second kappa shape index (κ2) is 11.5. The summed E-state index contributed by atoms with van der Waals surface area (Å²) in [6.07, 6.45) is 9.06. The molecule has 194 valence electrons. The van der Waals surface area contributed by atoms with Crippen LogP contribution in [0.15, 0.2) is 28.0 Å². The number of unbranched alkanes of at least 4 members (excludes halogenated alkanes) is 1.